The van der Waals surface area contributed by atoms with Crippen LogP contribution in [0.1, 0.15) is 49.3 Å². The summed E-state index contributed by atoms with van der Waals surface area (Å²) < 4.78 is 16.5. The molecule has 0 saturated carbocycles. The smallest absolute Gasteiger partial charge is 0.161 e. The summed E-state index contributed by atoms with van der Waals surface area (Å²) >= 11 is 0. The summed E-state index contributed by atoms with van der Waals surface area (Å²) in [7, 11) is 3.28. The number of nitrogens with one attached hydrogen (secondary N) is 1. The van der Waals surface area contributed by atoms with Crippen LogP contribution >= 0.6 is 0 Å². The first kappa shape index (κ1) is 21.6. The van der Waals surface area contributed by atoms with Crippen molar-refractivity contribution in [3.8, 4) is 11.5 Å². The third-order valence-corrected chi connectivity index (χ3v) is 5.51. The fourth-order valence-electron chi connectivity index (χ4n) is 3.98. The van der Waals surface area contributed by atoms with Gasteiger partial charge in [0.15, 0.2) is 11.5 Å². The van der Waals surface area contributed by atoms with Crippen LogP contribution in [0.4, 0.5) is 0 Å². The Morgan fingerprint density at radius 2 is 1.76 bits per heavy atom. The second-order valence-electron chi connectivity index (χ2n) is 7.69. The van der Waals surface area contributed by atoms with Crippen molar-refractivity contribution in [1.29, 1.82) is 0 Å². The zero-order chi connectivity index (χ0) is 20.5. The van der Waals surface area contributed by atoms with E-state index in [0.717, 1.165) is 49.4 Å². The quantitative estimate of drug-likeness (QED) is 0.585. The normalized spacial score (nSPS) is 21.7. The van der Waals surface area contributed by atoms with Crippen LogP contribution in [0, 0.1) is 0 Å². The van der Waals surface area contributed by atoms with Gasteiger partial charge in [0.25, 0.3) is 0 Å². The molecule has 2 aromatic rings. The van der Waals surface area contributed by atoms with Crippen LogP contribution in [-0.2, 0) is 11.3 Å². The predicted molar refractivity (Wildman–Crippen MR) is 114 cm³/mol. The molecule has 1 aliphatic heterocycles. The largest absolute Gasteiger partial charge is 0.493 e. The summed E-state index contributed by atoms with van der Waals surface area (Å²) in [5.41, 5.74) is 2.33. The Morgan fingerprint density at radius 3 is 2.52 bits per heavy atom. The summed E-state index contributed by atoms with van der Waals surface area (Å²) in [6, 6.07) is 16.7. The number of unbranched alkanes of at least 4 members (excludes halogenated alkanes) is 1. The number of hydrogen-bond donors (Lipinski definition) is 2. The lowest BCUT2D eigenvalue weighted by Gasteiger charge is -2.34. The average molecular weight is 400 g/mol. The fraction of sp³-hybridized carbons (Fsp3) is 0.500. The van der Waals surface area contributed by atoms with Crippen molar-refractivity contribution in [2.75, 3.05) is 20.8 Å². The van der Waals surface area contributed by atoms with Gasteiger partial charge >= 0.3 is 0 Å². The molecule has 158 valence electrons. The minimum atomic E-state index is -0.284. The van der Waals surface area contributed by atoms with Gasteiger partial charge in [0.1, 0.15) is 0 Å². The van der Waals surface area contributed by atoms with Crippen LogP contribution in [0.3, 0.4) is 0 Å². The summed E-state index contributed by atoms with van der Waals surface area (Å²) in [4.78, 5) is 0. The molecule has 1 heterocycles. The molecule has 3 atom stereocenters. The summed E-state index contributed by atoms with van der Waals surface area (Å²) in [5.74, 6) is 1.44. The molecule has 0 radical (unpaired) electrons. The van der Waals surface area contributed by atoms with Crippen molar-refractivity contribution in [2.45, 2.75) is 56.9 Å². The summed E-state index contributed by atoms with van der Waals surface area (Å²) in [5, 5.41) is 14.1. The van der Waals surface area contributed by atoms with Crippen molar-refractivity contribution >= 4 is 0 Å². The number of piperidine rings is 1. The zero-order valence-electron chi connectivity index (χ0n) is 17.5. The third kappa shape index (κ3) is 6.46. The molecular weight excluding hydrogens is 366 g/mol. The van der Waals surface area contributed by atoms with Gasteiger partial charge in [-0.1, -0.05) is 36.4 Å². The van der Waals surface area contributed by atoms with E-state index in [0.29, 0.717) is 19.1 Å². The third-order valence-electron chi connectivity index (χ3n) is 5.51. The van der Waals surface area contributed by atoms with Crippen molar-refractivity contribution in [2.24, 2.45) is 0 Å². The van der Waals surface area contributed by atoms with E-state index in [-0.39, 0.29) is 12.1 Å². The van der Waals surface area contributed by atoms with Crippen LogP contribution in [0.5, 0.6) is 11.5 Å². The highest BCUT2D eigenvalue weighted by Gasteiger charge is 2.28. The number of hydrogen-bond acceptors (Lipinski definition) is 5. The Balaban J connectivity index is 1.43. The maximum absolute atomic E-state index is 10.4. The van der Waals surface area contributed by atoms with Crippen LogP contribution in [-0.4, -0.2) is 38.1 Å². The van der Waals surface area contributed by atoms with Crippen molar-refractivity contribution in [3.05, 3.63) is 59.7 Å². The van der Waals surface area contributed by atoms with Gasteiger partial charge in [-0.15, -0.1) is 0 Å². The number of methoxy groups -OCH3 is 2. The van der Waals surface area contributed by atoms with Crippen LogP contribution in [0.15, 0.2) is 48.5 Å². The monoisotopic (exact) mass is 399 g/mol. The van der Waals surface area contributed by atoms with Crippen LogP contribution < -0.4 is 14.8 Å². The lowest BCUT2D eigenvalue weighted by Crippen LogP contribution is -2.42. The average Bonchev–Trinajstić information content (AvgIpc) is 2.76. The second-order valence-corrected chi connectivity index (χ2v) is 7.69. The molecule has 0 bridgehead atoms. The Kier molecular flexibility index (Phi) is 8.35. The van der Waals surface area contributed by atoms with Gasteiger partial charge in [-0.3, -0.25) is 0 Å². The van der Waals surface area contributed by atoms with Crippen molar-refractivity contribution in [3.63, 3.8) is 0 Å². The van der Waals surface area contributed by atoms with E-state index >= 15 is 0 Å². The SMILES string of the molecule is COc1ccc([C@@H]2C[C@H](O)C[C@H](CCCCOCc3ccccc3)N2)cc1OC. The maximum atomic E-state index is 10.4. The number of aliphatic hydroxyl groups is 1. The first-order valence-corrected chi connectivity index (χ1v) is 10.5. The van der Waals surface area contributed by atoms with Gasteiger partial charge in [0, 0.05) is 18.7 Å². The summed E-state index contributed by atoms with van der Waals surface area (Å²) in [6.07, 6.45) is 4.38. The molecule has 2 aromatic carbocycles. The van der Waals surface area contributed by atoms with Crippen molar-refractivity contribution in [1.82, 2.24) is 5.32 Å². The molecule has 0 unspecified atom stereocenters. The molecule has 5 nitrogen and oxygen atoms in total. The van der Waals surface area contributed by atoms with Crippen LogP contribution in [0.25, 0.3) is 0 Å². The highest BCUT2D eigenvalue weighted by atomic mass is 16.5. The van der Waals surface area contributed by atoms with E-state index < -0.39 is 0 Å². The number of ether oxygens (including phenoxy) is 3. The fourth-order valence-corrected chi connectivity index (χ4v) is 3.98. The molecule has 0 aliphatic carbocycles. The molecule has 1 saturated heterocycles. The minimum absolute atomic E-state index is 0.123. The molecule has 3 rings (SSSR count). The van der Waals surface area contributed by atoms with Gasteiger partial charge in [0.05, 0.1) is 26.9 Å². The van der Waals surface area contributed by atoms with E-state index in [9.17, 15) is 5.11 Å². The molecule has 0 aromatic heterocycles. The molecule has 2 N–H and O–H groups in total. The standard InChI is InChI=1S/C24H33NO4/c1-27-23-12-11-19(14-24(23)28-2)22-16-21(26)15-20(25-22)10-6-7-13-29-17-18-8-4-3-5-9-18/h3-5,8-9,11-12,14,20-22,25-26H,6-7,10,13,15-17H2,1-2H3/t20-,21+,22-/m0/s1. The molecule has 0 amide bonds. The summed E-state index contributed by atoms with van der Waals surface area (Å²) in [6.45, 7) is 1.44. The molecule has 1 aliphatic rings. The Labute approximate surface area is 174 Å². The first-order valence-electron chi connectivity index (χ1n) is 10.5. The Morgan fingerprint density at radius 1 is 0.966 bits per heavy atom. The molecule has 0 spiro atoms. The van der Waals surface area contributed by atoms with Crippen LogP contribution in [0.2, 0.25) is 0 Å². The molecule has 1 fully saturated rings. The topological polar surface area (TPSA) is 60.0 Å². The van der Waals surface area contributed by atoms with Gasteiger partial charge < -0.3 is 24.6 Å². The first-order chi connectivity index (χ1) is 14.2. The van der Waals surface area contributed by atoms with Gasteiger partial charge in [-0.05, 0) is 55.4 Å². The minimum Gasteiger partial charge on any atom is -0.493 e. The number of rotatable bonds is 10. The Bertz CT molecular complexity index is 737. The highest BCUT2D eigenvalue weighted by Crippen LogP contribution is 2.34. The predicted octanol–water partition coefficient (Wildman–Crippen LogP) is 4.24. The number of benzene rings is 2. The van der Waals surface area contributed by atoms with E-state index in [1.807, 2.05) is 36.4 Å². The molecule has 29 heavy (non-hydrogen) atoms. The maximum Gasteiger partial charge on any atom is 0.161 e. The van der Waals surface area contributed by atoms with E-state index in [1.54, 1.807) is 14.2 Å². The van der Waals surface area contributed by atoms with E-state index in [4.69, 9.17) is 14.2 Å². The van der Waals surface area contributed by atoms with Gasteiger partial charge in [-0.25, -0.2) is 0 Å². The lowest BCUT2D eigenvalue weighted by atomic mass is 9.89. The van der Waals surface area contributed by atoms with Gasteiger partial charge in [0.2, 0.25) is 0 Å². The highest BCUT2D eigenvalue weighted by molar-refractivity contribution is 5.44. The number of aliphatic hydroxyl groups excluding tert-OH is 1. The van der Waals surface area contributed by atoms with Crippen molar-refractivity contribution < 1.29 is 19.3 Å². The second kappa shape index (κ2) is 11.2. The molecule has 5 heteroatoms. The Hall–Kier alpha value is -2.08. The zero-order valence-corrected chi connectivity index (χ0v) is 17.5. The lowest BCUT2D eigenvalue weighted by molar-refractivity contribution is 0.0871. The van der Waals surface area contributed by atoms with Gasteiger partial charge in [-0.2, -0.15) is 0 Å². The van der Waals surface area contributed by atoms with E-state index in [2.05, 4.69) is 17.4 Å². The van der Waals surface area contributed by atoms with E-state index in [1.165, 1.54) is 5.56 Å². The molecular formula is C24H33NO4.